The third kappa shape index (κ3) is 7.43. The summed E-state index contributed by atoms with van der Waals surface area (Å²) in [5, 5.41) is 2.91. The molecule has 1 N–H and O–H groups in total. The molecule has 0 aliphatic rings. The number of benzene rings is 2. The molecule has 166 valence electrons. The summed E-state index contributed by atoms with van der Waals surface area (Å²) in [5.74, 6) is 1.52. The van der Waals surface area contributed by atoms with Gasteiger partial charge in [0.1, 0.15) is 29.4 Å². The van der Waals surface area contributed by atoms with E-state index in [1.807, 2.05) is 44.2 Å². The van der Waals surface area contributed by atoms with Crippen LogP contribution in [-0.4, -0.2) is 50.3 Å². The van der Waals surface area contributed by atoms with Gasteiger partial charge in [0.2, 0.25) is 0 Å². The zero-order valence-corrected chi connectivity index (χ0v) is 19.1. The average Bonchev–Trinajstić information content (AvgIpc) is 2.73. The Morgan fingerprint density at radius 3 is 1.93 bits per heavy atom. The Kier molecular flexibility index (Phi) is 11.7. The Labute approximate surface area is 185 Å². The van der Waals surface area contributed by atoms with Crippen LogP contribution in [0.25, 0.3) is 0 Å². The molecule has 0 bridgehead atoms. The van der Waals surface area contributed by atoms with Crippen molar-refractivity contribution in [2.75, 3.05) is 44.8 Å². The topological polar surface area (TPSA) is 60.0 Å². The highest BCUT2D eigenvalue weighted by Crippen LogP contribution is 2.30. The van der Waals surface area contributed by atoms with Crippen molar-refractivity contribution in [1.29, 1.82) is 0 Å². The van der Waals surface area contributed by atoms with Crippen LogP contribution in [0.15, 0.2) is 42.5 Å². The summed E-state index contributed by atoms with van der Waals surface area (Å²) in [7, 11) is 0. The lowest BCUT2D eigenvalue weighted by molar-refractivity contribution is 0.101. The summed E-state index contributed by atoms with van der Waals surface area (Å²) in [6.07, 6.45) is 0. The van der Waals surface area contributed by atoms with E-state index in [9.17, 15) is 4.79 Å². The maximum atomic E-state index is 12.9. The zero-order valence-electron chi connectivity index (χ0n) is 18.3. The lowest BCUT2D eigenvalue weighted by Crippen LogP contribution is -2.27. The van der Waals surface area contributed by atoms with Crippen molar-refractivity contribution >= 4 is 24.0 Å². The van der Waals surface area contributed by atoms with Crippen LogP contribution in [-0.2, 0) is 0 Å². The standard InChI is InChI=1S/C23H32N2O4.ClH/c1-5-25(6-2)16-17-29-19-14-12-18(13-15-19)24-23(26)22-20(27-7-3)10-9-11-21(22)28-8-4;/h9-15H,5-8,16-17H2,1-4H3,(H,24,26);1H. The van der Waals surface area contributed by atoms with Gasteiger partial charge in [0.05, 0.1) is 13.2 Å². The highest BCUT2D eigenvalue weighted by molar-refractivity contribution is 6.08. The van der Waals surface area contributed by atoms with E-state index < -0.39 is 0 Å². The molecule has 0 atom stereocenters. The second-order valence-corrected chi connectivity index (χ2v) is 6.35. The van der Waals surface area contributed by atoms with Gasteiger partial charge in [-0.3, -0.25) is 4.79 Å². The molecule has 0 aromatic heterocycles. The van der Waals surface area contributed by atoms with Crippen molar-refractivity contribution in [1.82, 2.24) is 4.90 Å². The number of hydrogen-bond acceptors (Lipinski definition) is 5. The zero-order chi connectivity index (χ0) is 21.1. The van der Waals surface area contributed by atoms with Crippen LogP contribution in [0.1, 0.15) is 38.1 Å². The predicted octanol–water partition coefficient (Wildman–Crippen LogP) is 4.88. The molecule has 6 nitrogen and oxygen atoms in total. The number of likely N-dealkylation sites (N-methyl/N-ethyl adjacent to an activating group) is 1. The number of amides is 1. The molecular weight excluding hydrogens is 404 g/mol. The van der Waals surface area contributed by atoms with Crippen LogP contribution in [0.4, 0.5) is 5.69 Å². The van der Waals surface area contributed by atoms with E-state index >= 15 is 0 Å². The molecule has 1 amide bonds. The molecule has 0 aliphatic heterocycles. The number of ether oxygens (including phenoxy) is 3. The summed E-state index contributed by atoms with van der Waals surface area (Å²) < 4.78 is 17.0. The Morgan fingerprint density at radius 2 is 1.43 bits per heavy atom. The molecule has 0 radical (unpaired) electrons. The summed E-state index contributed by atoms with van der Waals surface area (Å²) in [6, 6.07) is 12.7. The first-order chi connectivity index (χ1) is 14.1. The largest absolute Gasteiger partial charge is 0.493 e. The Bertz CT molecular complexity index is 740. The number of halogens is 1. The van der Waals surface area contributed by atoms with Gasteiger partial charge in [0.15, 0.2) is 0 Å². The van der Waals surface area contributed by atoms with Crippen LogP contribution in [0, 0.1) is 0 Å². The molecule has 0 saturated heterocycles. The van der Waals surface area contributed by atoms with Crippen molar-refractivity contribution < 1.29 is 19.0 Å². The van der Waals surface area contributed by atoms with Crippen LogP contribution in [0.5, 0.6) is 17.2 Å². The monoisotopic (exact) mass is 436 g/mol. The highest BCUT2D eigenvalue weighted by atomic mass is 35.5. The Balaban J connectivity index is 0.00000450. The minimum atomic E-state index is -0.271. The fraction of sp³-hybridized carbons (Fsp3) is 0.435. The normalized spacial score (nSPS) is 10.3. The van der Waals surface area contributed by atoms with E-state index in [1.54, 1.807) is 12.1 Å². The minimum Gasteiger partial charge on any atom is -0.493 e. The average molecular weight is 437 g/mol. The number of carbonyl (C=O) groups excluding carboxylic acids is 1. The van der Waals surface area contributed by atoms with E-state index in [0.29, 0.717) is 42.6 Å². The first kappa shape index (κ1) is 25.6. The van der Waals surface area contributed by atoms with Crippen molar-refractivity contribution in [2.45, 2.75) is 27.7 Å². The first-order valence-electron chi connectivity index (χ1n) is 10.3. The van der Waals surface area contributed by atoms with E-state index in [2.05, 4.69) is 24.1 Å². The van der Waals surface area contributed by atoms with Crippen LogP contribution in [0.3, 0.4) is 0 Å². The molecule has 0 saturated carbocycles. The molecule has 2 rings (SSSR count). The minimum absolute atomic E-state index is 0. The van der Waals surface area contributed by atoms with Crippen molar-refractivity contribution in [3.8, 4) is 17.2 Å². The smallest absolute Gasteiger partial charge is 0.263 e. The lowest BCUT2D eigenvalue weighted by atomic mass is 10.1. The van der Waals surface area contributed by atoms with Crippen LogP contribution in [0.2, 0.25) is 0 Å². The molecule has 2 aromatic carbocycles. The second-order valence-electron chi connectivity index (χ2n) is 6.35. The quantitative estimate of drug-likeness (QED) is 0.514. The molecule has 0 unspecified atom stereocenters. The Morgan fingerprint density at radius 1 is 0.867 bits per heavy atom. The number of nitrogens with zero attached hydrogens (tertiary/aromatic N) is 1. The Hall–Kier alpha value is -2.44. The number of carbonyl (C=O) groups is 1. The van der Waals surface area contributed by atoms with Gasteiger partial charge in [-0.15, -0.1) is 12.4 Å². The van der Waals surface area contributed by atoms with E-state index in [0.717, 1.165) is 25.4 Å². The van der Waals surface area contributed by atoms with Gasteiger partial charge < -0.3 is 24.4 Å². The number of hydrogen-bond donors (Lipinski definition) is 1. The number of anilines is 1. The van der Waals surface area contributed by atoms with Gasteiger partial charge in [0, 0.05) is 12.2 Å². The van der Waals surface area contributed by atoms with Crippen LogP contribution >= 0.6 is 12.4 Å². The summed E-state index contributed by atoms with van der Waals surface area (Å²) in [6.45, 7) is 12.5. The molecule has 0 aliphatic carbocycles. The third-order valence-electron chi connectivity index (χ3n) is 4.50. The predicted molar refractivity (Wildman–Crippen MR) is 124 cm³/mol. The van der Waals surface area contributed by atoms with Crippen molar-refractivity contribution in [2.24, 2.45) is 0 Å². The fourth-order valence-electron chi connectivity index (χ4n) is 2.95. The van der Waals surface area contributed by atoms with Gasteiger partial charge in [0.25, 0.3) is 5.91 Å². The number of rotatable bonds is 12. The summed E-state index contributed by atoms with van der Waals surface area (Å²) >= 11 is 0. The van der Waals surface area contributed by atoms with Gasteiger partial charge in [-0.05, 0) is 63.3 Å². The molecule has 0 fully saturated rings. The fourth-order valence-corrected chi connectivity index (χ4v) is 2.95. The van der Waals surface area contributed by atoms with Gasteiger partial charge in [-0.2, -0.15) is 0 Å². The SMILES string of the molecule is CCOc1cccc(OCC)c1C(=O)Nc1ccc(OCCN(CC)CC)cc1.Cl. The molecule has 2 aromatic rings. The van der Waals surface area contributed by atoms with E-state index in [-0.39, 0.29) is 18.3 Å². The highest BCUT2D eigenvalue weighted by Gasteiger charge is 2.19. The summed E-state index contributed by atoms with van der Waals surface area (Å²) in [4.78, 5) is 15.2. The third-order valence-corrected chi connectivity index (χ3v) is 4.50. The maximum absolute atomic E-state index is 12.9. The second kappa shape index (κ2) is 13.7. The number of nitrogens with one attached hydrogen (secondary N) is 1. The molecular formula is C23H33ClN2O4. The molecule has 7 heteroatoms. The van der Waals surface area contributed by atoms with Crippen LogP contribution < -0.4 is 19.5 Å². The molecule has 30 heavy (non-hydrogen) atoms. The van der Waals surface area contributed by atoms with Gasteiger partial charge in [-0.25, -0.2) is 0 Å². The van der Waals surface area contributed by atoms with E-state index in [1.165, 1.54) is 0 Å². The van der Waals surface area contributed by atoms with Crippen molar-refractivity contribution in [3.63, 3.8) is 0 Å². The maximum Gasteiger partial charge on any atom is 0.263 e. The molecule has 0 heterocycles. The summed E-state index contributed by atoms with van der Waals surface area (Å²) in [5.41, 5.74) is 1.08. The first-order valence-corrected chi connectivity index (χ1v) is 10.3. The lowest BCUT2D eigenvalue weighted by Gasteiger charge is -2.18. The molecule has 0 spiro atoms. The van der Waals surface area contributed by atoms with Crippen molar-refractivity contribution in [3.05, 3.63) is 48.0 Å². The van der Waals surface area contributed by atoms with Gasteiger partial charge in [-0.1, -0.05) is 19.9 Å². The van der Waals surface area contributed by atoms with E-state index in [4.69, 9.17) is 14.2 Å². The van der Waals surface area contributed by atoms with Gasteiger partial charge >= 0.3 is 0 Å².